The zero-order chi connectivity index (χ0) is 17.1. The van der Waals surface area contributed by atoms with Crippen molar-refractivity contribution in [3.05, 3.63) is 34.3 Å². The van der Waals surface area contributed by atoms with E-state index in [1.54, 1.807) is 23.1 Å². The molecule has 1 atom stereocenters. The number of para-hydroxylation sites is 1. The molecule has 8 heteroatoms. The van der Waals surface area contributed by atoms with E-state index in [4.69, 9.17) is 11.6 Å². The topological polar surface area (TPSA) is 75.2 Å². The molecule has 0 bridgehead atoms. The fourth-order valence-corrected chi connectivity index (χ4v) is 3.70. The van der Waals surface area contributed by atoms with Crippen LogP contribution in [0.1, 0.15) is 24.8 Å². The number of nitrogens with zero attached hydrogens (tertiary/aromatic N) is 3. The minimum absolute atomic E-state index is 0.104. The summed E-state index contributed by atoms with van der Waals surface area (Å²) in [4.78, 5) is 26.2. The summed E-state index contributed by atoms with van der Waals surface area (Å²) in [5.74, 6) is -0.739. The zero-order valence-electron chi connectivity index (χ0n) is 13.2. The number of aryl methyl sites for hydroxylation is 1. The standard InChI is InChI=1S/C16H17ClN4O2S/c1-2-5-13-19-20-16(24-13)18-15(23)10-8-14(22)21(9-10)12-7-4-3-6-11(12)17/h3-4,6-7,10H,2,5,8-9H2,1H3,(H,18,20,23). The Kier molecular flexibility index (Phi) is 5.11. The molecule has 2 amide bonds. The maximum absolute atomic E-state index is 12.4. The molecule has 0 aliphatic carbocycles. The molecule has 1 aromatic heterocycles. The lowest BCUT2D eigenvalue weighted by Gasteiger charge is -2.17. The SMILES string of the molecule is CCCc1nnc(NC(=O)C2CC(=O)N(c3ccccc3Cl)C2)s1. The van der Waals surface area contributed by atoms with Crippen molar-refractivity contribution in [2.24, 2.45) is 5.92 Å². The Balaban J connectivity index is 1.66. The number of carbonyl (C=O) groups is 2. The molecule has 1 N–H and O–H groups in total. The maximum atomic E-state index is 12.4. The maximum Gasteiger partial charge on any atom is 0.231 e. The number of benzene rings is 1. The number of rotatable bonds is 5. The molecule has 0 radical (unpaired) electrons. The number of carbonyl (C=O) groups excluding carboxylic acids is 2. The second-order valence-electron chi connectivity index (χ2n) is 5.60. The lowest BCUT2D eigenvalue weighted by molar-refractivity contribution is -0.122. The number of halogens is 1. The van der Waals surface area contributed by atoms with E-state index in [9.17, 15) is 9.59 Å². The summed E-state index contributed by atoms with van der Waals surface area (Å²) in [5, 5.41) is 12.6. The lowest BCUT2D eigenvalue weighted by Crippen LogP contribution is -2.28. The monoisotopic (exact) mass is 364 g/mol. The number of aromatic nitrogens is 2. The van der Waals surface area contributed by atoms with Crippen LogP contribution in [0.25, 0.3) is 0 Å². The summed E-state index contributed by atoms with van der Waals surface area (Å²) in [6.45, 7) is 2.38. The van der Waals surface area contributed by atoms with Gasteiger partial charge in [-0.25, -0.2) is 0 Å². The molecule has 0 saturated carbocycles. The highest BCUT2D eigenvalue weighted by Crippen LogP contribution is 2.31. The Morgan fingerprint density at radius 3 is 2.96 bits per heavy atom. The third-order valence-electron chi connectivity index (χ3n) is 3.80. The van der Waals surface area contributed by atoms with E-state index in [2.05, 4.69) is 22.4 Å². The number of amides is 2. The molecule has 2 heterocycles. The largest absolute Gasteiger partial charge is 0.310 e. The number of nitrogens with one attached hydrogen (secondary N) is 1. The number of hydrogen-bond donors (Lipinski definition) is 1. The van der Waals surface area contributed by atoms with Gasteiger partial charge in [0.05, 0.1) is 16.6 Å². The molecule has 2 aromatic rings. The van der Waals surface area contributed by atoms with Crippen LogP contribution in [0.5, 0.6) is 0 Å². The van der Waals surface area contributed by atoms with Gasteiger partial charge < -0.3 is 10.2 Å². The molecule has 1 aliphatic rings. The Hall–Kier alpha value is -1.99. The molecule has 6 nitrogen and oxygen atoms in total. The minimum atomic E-state index is -0.424. The van der Waals surface area contributed by atoms with Crippen LogP contribution in [0.15, 0.2) is 24.3 Å². The van der Waals surface area contributed by atoms with Crippen molar-refractivity contribution in [2.45, 2.75) is 26.2 Å². The first-order valence-corrected chi connectivity index (χ1v) is 8.96. The summed E-state index contributed by atoms with van der Waals surface area (Å²) in [6.07, 6.45) is 1.99. The van der Waals surface area contributed by atoms with Crippen LogP contribution in [-0.4, -0.2) is 28.6 Å². The van der Waals surface area contributed by atoms with E-state index in [-0.39, 0.29) is 18.2 Å². The van der Waals surface area contributed by atoms with Gasteiger partial charge in [0, 0.05) is 19.4 Å². The van der Waals surface area contributed by atoms with Gasteiger partial charge in [-0.05, 0) is 18.6 Å². The van der Waals surface area contributed by atoms with Gasteiger partial charge in [-0.2, -0.15) is 0 Å². The molecule has 3 rings (SSSR count). The molecule has 1 saturated heterocycles. The van der Waals surface area contributed by atoms with Gasteiger partial charge in [-0.15, -0.1) is 10.2 Å². The zero-order valence-corrected chi connectivity index (χ0v) is 14.7. The van der Waals surface area contributed by atoms with Crippen LogP contribution in [0.4, 0.5) is 10.8 Å². The smallest absolute Gasteiger partial charge is 0.231 e. The highest BCUT2D eigenvalue weighted by molar-refractivity contribution is 7.15. The second kappa shape index (κ2) is 7.27. The summed E-state index contributed by atoms with van der Waals surface area (Å²) < 4.78 is 0. The van der Waals surface area contributed by atoms with Crippen molar-refractivity contribution >= 4 is 45.6 Å². The molecule has 1 aliphatic heterocycles. The molecule has 126 valence electrons. The molecule has 1 fully saturated rings. The van der Waals surface area contributed by atoms with Crippen LogP contribution in [0.2, 0.25) is 5.02 Å². The summed E-state index contributed by atoms with van der Waals surface area (Å²) >= 11 is 7.52. The number of anilines is 2. The average Bonchev–Trinajstić information content (AvgIpc) is 3.15. The molecule has 1 unspecified atom stereocenters. The molecule has 0 spiro atoms. The van der Waals surface area contributed by atoms with Crippen LogP contribution >= 0.6 is 22.9 Å². The summed E-state index contributed by atoms with van der Waals surface area (Å²) in [6, 6.07) is 7.13. The van der Waals surface area contributed by atoms with Crippen molar-refractivity contribution in [1.82, 2.24) is 10.2 Å². The quantitative estimate of drug-likeness (QED) is 0.884. The van der Waals surface area contributed by atoms with Gasteiger partial charge in [-0.3, -0.25) is 9.59 Å². The lowest BCUT2D eigenvalue weighted by atomic mass is 10.1. The van der Waals surface area contributed by atoms with Gasteiger partial charge in [0.15, 0.2) is 0 Å². The minimum Gasteiger partial charge on any atom is -0.310 e. The van der Waals surface area contributed by atoms with E-state index >= 15 is 0 Å². The van der Waals surface area contributed by atoms with Crippen LogP contribution in [-0.2, 0) is 16.0 Å². The molecule has 1 aromatic carbocycles. The predicted molar refractivity (Wildman–Crippen MR) is 94.4 cm³/mol. The van der Waals surface area contributed by atoms with Gasteiger partial charge in [0.2, 0.25) is 16.9 Å². The molecule has 24 heavy (non-hydrogen) atoms. The van der Waals surface area contributed by atoms with Gasteiger partial charge in [-0.1, -0.05) is 42.0 Å². The van der Waals surface area contributed by atoms with Gasteiger partial charge in [0.25, 0.3) is 0 Å². The van der Waals surface area contributed by atoms with Crippen molar-refractivity contribution in [3.63, 3.8) is 0 Å². The average molecular weight is 365 g/mol. The molecular formula is C16H17ClN4O2S. The van der Waals surface area contributed by atoms with E-state index in [1.165, 1.54) is 11.3 Å². The predicted octanol–water partition coefficient (Wildman–Crippen LogP) is 3.14. The normalized spacial score (nSPS) is 17.3. The Morgan fingerprint density at radius 2 is 2.21 bits per heavy atom. The first kappa shape index (κ1) is 16.9. The third-order valence-corrected chi connectivity index (χ3v) is 5.02. The third kappa shape index (κ3) is 3.57. The van der Waals surface area contributed by atoms with E-state index in [1.807, 2.05) is 6.07 Å². The van der Waals surface area contributed by atoms with E-state index in [0.717, 1.165) is 17.8 Å². The van der Waals surface area contributed by atoms with Crippen LogP contribution in [0, 0.1) is 5.92 Å². The highest BCUT2D eigenvalue weighted by atomic mass is 35.5. The van der Waals surface area contributed by atoms with Crippen molar-refractivity contribution in [3.8, 4) is 0 Å². The Morgan fingerprint density at radius 1 is 1.42 bits per heavy atom. The summed E-state index contributed by atoms with van der Waals surface area (Å²) in [5.41, 5.74) is 0.639. The molecular weight excluding hydrogens is 348 g/mol. The first-order valence-electron chi connectivity index (χ1n) is 7.76. The van der Waals surface area contributed by atoms with E-state index < -0.39 is 5.92 Å². The van der Waals surface area contributed by atoms with Crippen molar-refractivity contribution in [2.75, 3.05) is 16.8 Å². The van der Waals surface area contributed by atoms with Gasteiger partial charge >= 0.3 is 0 Å². The van der Waals surface area contributed by atoms with Crippen LogP contribution < -0.4 is 10.2 Å². The van der Waals surface area contributed by atoms with Crippen molar-refractivity contribution < 1.29 is 9.59 Å². The Labute approximate surface area is 148 Å². The van der Waals surface area contributed by atoms with Crippen molar-refractivity contribution in [1.29, 1.82) is 0 Å². The number of hydrogen-bond acceptors (Lipinski definition) is 5. The second-order valence-corrected chi connectivity index (χ2v) is 7.07. The Bertz CT molecular complexity index is 764. The fourth-order valence-electron chi connectivity index (χ4n) is 2.61. The van der Waals surface area contributed by atoms with Gasteiger partial charge in [0.1, 0.15) is 5.01 Å². The fraction of sp³-hybridized carbons (Fsp3) is 0.375. The van der Waals surface area contributed by atoms with E-state index in [0.29, 0.717) is 22.4 Å². The highest BCUT2D eigenvalue weighted by Gasteiger charge is 2.36. The summed E-state index contributed by atoms with van der Waals surface area (Å²) in [7, 11) is 0. The van der Waals surface area contributed by atoms with Crippen LogP contribution in [0.3, 0.4) is 0 Å². The first-order chi connectivity index (χ1) is 11.6.